The summed E-state index contributed by atoms with van der Waals surface area (Å²) < 4.78 is 0. The summed E-state index contributed by atoms with van der Waals surface area (Å²) in [6, 6.07) is 19.4. The number of pyridine rings is 1. The van der Waals surface area contributed by atoms with E-state index in [9.17, 15) is 14.4 Å². The van der Waals surface area contributed by atoms with Gasteiger partial charge in [-0.05, 0) is 36.2 Å². The topological polar surface area (TPSA) is 85.8 Å². The van der Waals surface area contributed by atoms with Crippen LogP contribution in [0.1, 0.15) is 17.9 Å². The number of piperazine rings is 1. The summed E-state index contributed by atoms with van der Waals surface area (Å²) >= 11 is 6.14. The Morgan fingerprint density at radius 2 is 1.83 bits per heavy atom. The van der Waals surface area contributed by atoms with E-state index in [0.717, 1.165) is 17.5 Å². The minimum atomic E-state index is -0.657. The third-order valence-corrected chi connectivity index (χ3v) is 7.34. The van der Waals surface area contributed by atoms with Crippen LogP contribution in [-0.2, 0) is 4.79 Å². The van der Waals surface area contributed by atoms with Gasteiger partial charge in [-0.3, -0.25) is 14.7 Å². The second kappa shape index (κ2) is 8.95. The Kier molecular flexibility index (Phi) is 5.60. The van der Waals surface area contributed by atoms with Gasteiger partial charge >= 0.3 is 12.1 Å². The number of hydrogen-bond acceptors (Lipinski definition) is 4. The molecule has 6 rings (SSSR count). The molecular formula is C27H24ClN5O3. The zero-order chi connectivity index (χ0) is 24.8. The summed E-state index contributed by atoms with van der Waals surface area (Å²) in [6.45, 7) is 0.813. The van der Waals surface area contributed by atoms with Crippen LogP contribution in [0.3, 0.4) is 0 Å². The average Bonchev–Trinajstić information content (AvgIpc) is 3.65. The van der Waals surface area contributed by atoms with Crippen molar-refractivity contribution in [2.45, 2.75) is 24.4 Å². The Labute approximate surface area is 213 Å². The van der Waals surface area contributed by atoms with E-state index in [-0.39, 0.29) is 36.5 Å². The van der Waals surface area contributed by atoms with Crippen LogP contribution >= 0.6 is 11.6 Å². The van der Waals surface area contributed by atoms with E-state index in [2.05, 4.69) is 10.3 Å². The first-order valence-electron chi connectivity index (χ1n) is 12.0. The van der Waals surface area contributed by atoms with Gasteiger partial charge in [-0.25, -0.2) is 9.59 Å². The summed E-state index contributed by atoms with van der Waals surface area (Å²) in [7, 11) is 0. The highest BCUT2D eigenvalue weighted by Gasteiger charge is 2.56. The number of rotatable bonds is 4. The summed E-state index contributed by atoms with van der Waals surface area (Å²) in [5.74, 6) is -0.0442. The van der Waals surface area contributed by atoms with Gasteiger partial charge < -0.3 is 15.1 Å². The van der Waals surface area contributed by atoms with Gasteiger partial charge in [-0.2, -0.15) is 0 Å². The van der Waals surface area contributed by atoms with Crippen LogP contribution in [0, 0.1) is 0 Å². The number of anilines is 1. The van der Waals surface area contributed by atoms with E-state index in [4.69, 9.17) is 11.6 Å². The van der Waals surface area contributed by atoms with E-state index in [1.807, 2.05) is 42.5 Å². The quantitative estimate of drug-likeness (QED) is 0.535. The molecule has 182 valence electrons. The maximum atomic E-state index is 13.3. The number of nitrogens with one attached hydrogen (secondary N) is 1. The number of aromatic nitrogens is 1. The minimum Gasteiger partial charge on any atom is -0.320 e. The third kappa shape index (κ3) is 3.97. The molecule has 36 heavy (non-hydrogen) atoms. The number of amides is 5. The molecule has 1 saturated carbocycles. The van der Waals surface area contributed by atoms with E-state index in [0.29, 0.717) is 29.5 Å². The van der Waals surface area contributed by atoms with E-state index >= 15 is 0 Å². The largest absolute Gasteiger partial charge is 0.327 e. The minimum absolute atomic E-state index is 0.115. The Morgan fingerprint density at radius 3 is 2.64 bits per heavy atom. The number of carbonyl (C=O) groups is 3. The highest BCUT2D eigenvalue weighted by molar-refractivity contribution is 6.30. The second-order valence-electron chi connectivity index (χ2n) is 9.31. The number of urea groups is 2. The van der Waals surface area contributed by atoms with Gasteiger partial charge in [-0.1, -0.05) is 54.1 Å². The van der Waals surface area contributed by atoms with E-state index in [1.54, 1.807) is 40.3 Å². The zero-order valence-corrected chi connectivity index (χ0v) is 20.1. The van der Waals surface area contributed by atoms with Gasteiger partial charge in [-0.15, -0.1) is 0 Å². The molecule has 5 amide bonds. The summed E-state index contributed by atoms with van der Waals surface area (Å²) in [5.41, 5.74) is 3.08. The fraction of sp³-hybridized carbons (Fsp3) is 0.259. The van der Waals surface area contributed by atoms with Crippen molar-refractivity contribution < 1.29 is 14.4 Å². The van der Waals surface area contributed by atoms with Crippen molar-refractivity contribution in [3.05, 3.63) is 83.5 Å². The molecule has 2 saturated heterocycles. The first kappa shape index (κ1) is 22.5. The van der Waals surface area contributed by atoms with Crippen molar-refractivity contribution in [3.8, 4) is 11.3 Å². The molecule has 1 unspecified atom stereocenters. The Bertz CT molecular complexity index is 1350. The summed E-state index contributed by atoms with van der Waals surface area (Å²) in [5, 5.41) is 3.51. The number of imide groups is 1. The van der Waals surface area contributed by atoms with Crippen LogP contribution in [0.2, 0.25) is 5.02 Å². The van der Waals surface area contributed by atoms with Crippen molar-refractivity contribution >= 4 is 35.3 Å². The van der Waals surface area contributed by atoms with Gasteiger partial charge in [0.15, 0.2) is 0 Å². The molecule has 3 aliphatic rings. The molecular weight excluding hydrogens is 478 g/mol. The molecule has 2 aromatic carbocycles. The van der Waals surface area contributed by atoms with E-state index < -0.39 is 6.04 Å². The van der Waals surface area contributed by atoms with Gasteiger partial charge in [0.1, 0.15) is 6.04 Å². The molecule has 1 aromatic heterocycles. The van der Waals surface area contributed by atoms with Crippen molar-refractivity contribution in [1.82, 2.24) is 19.7 Å². The maximum absolute atomic E-state index is 13.3. The molecule has 2 aliphatic heterocycles. The normalized spacial score (nSPS) is 23.0. The molecule has 8 nitrogen and oxygen atoms in total. The van der Waals surface area contributed by atoms with Crippen LogP contribution in [0.5, 0.6) is 0 Å². The predicted molar refractivity (Wildman–Crippen MR) is 136 cm³/mol. The van der Waals surface area contributed by atoms with Gasteiger partial charge in [0.25, 0.3) is 5.91 Å². The highest BCUT2D eigenvalue weighted by Crippen LogP contribution is 2.46. The first-order valence-corrected chi connectivity index (χ1v) is 12.3. The fourth-order valence-corrected chi connectivity index (χ4v) is 5.39. The van der Waals surface area contributed by atoms with Gasteiger partial charge in [0.2, 0.25) is 0 Å². The lowest BCUT2D eigenvalue weighted by atomic mass is 10.1. The van der Waals surface area contributed by atoms with Crippen LogP contribution in [0.15, 0.2) is 72.9 Å². The number of benzene rings is 2. The number of carbonyl (C=O) groups excluding carboxylic acids is 3. The molecule has 9 heteroatoms. The number of hydrogen-bond donors (Lipinski definition) is 1. The molecule has 3 aromatic rings. The fourth-order valence-electron chi connectivity index (χ4n) is 5.20. The molecule has 3 fully saturated rings. The Balaban J connectivity index is 1.15. The van der Waals surface area contributed by atoms with Crippen molar-refractivity contribution in [3.63, 3.8) is 0 Å². The number of fused-ring (bicyclic) bond motifs is 1. The summed E-state index contributed by atoms with van der Waals surface area (Å²) in [4.78, 5) is 48.6. The zero-order valence-electron chi connectivity index (χ0n) is 19.4. The van der Waals surface area contributed by atoms with E-state index in [1.165, 1.54) is 4.90 Å². The Hall–Kier alpha value is -3.91. The van der Waals surface area contributed by atoms with Crippen LogP contribution in [-0.4, -0.2) is 69.4 Å². The Morgan fingerprint density at radius 1 is 1.00 bits per heavy atom. The lowest BCUT2D eigenvalue weighted by Crippen LogP contribution is -2.55. The SMILES string of the molecule is O=C(Nc1cccnc1-c1cccc(Cl)c1)N1CCN2C(=O)N([C@@H]3C[C@H]3c3ccccc3)C(=O)C2C1. The molecule has 3 atom stereocenters. The van der Waals surface area contributed by atoms with Crippen LogP contribution in [0.25, 0.3) is 11.3 Å². The maximum Gasteiger partial charge on any atom is 0.327 e. The monoisotopic (exact) mass is 501 g/mol. The number of halogens is 1. The molecule has 1 aliphatic carbocycles. The molecule has 0 radical (unpaired) electrons. The lowest BCUT2D eigenvalue weighted by molar-refractivity contribution is -0.129. The van der Waals surface area contributed by atoms with Crippen molar-refractivity contribution in [1.29, 1.82) is 0 Å². The number of nitrogens with zero attached hydrogens (tertiary/aromatic N) is 4. The third-order valence-electron chi connectivity index (χ3n) is 7.11. The van der Waals surface area contributed by atoms with Crippen molar-refractivity contribution in [2.75, 3.05) is 25.0 Å². The van der Waals surface area contributed by atoms with Gasteiger partial charge in [0.05, 0.1) is 17.9 Å². The lowest BCUT2D eigenvalue weighted by Gasteiger charge is -2.35. The van der Waals surface area contributed by atoms with Crippen molar-refractivity contribution in [2.24, 2.45) is 0 Å². The highest BCUT2D eigenvalue weighted by atomic mass is 35.5. The molecule has 3 heterocycles. The predicted octanol–water partition coefficient (Wildman–Crippen LogP) is 4.44. The molecule has 0 bridgehead atoms. The smallest absolute Gasteiger partial charge is 0.320 e. The second-order valence-corrected chi connectivity index (χ2v) is 9.74. The molecule has 0 spiro atoms. The summed E-state index contributed by atoms with van der Waals surface area (Å²) in [6.07, 6.45) is 2.43. The van der Waals surface area contributed by atoms with Gasteiger partial charge in [0, 0.05) is 41.8 Å². The average molecular weight is 502 g/mol. The van der Waals surface area contributed by atoms with Crippen LogP contribution in [0.4, 0.5) is 15.3 Å². The molecule has 1 N–H and O–H groups in total. The standard InChI is InChI=1S/C27H24ClN5O3/c28-19-9-4-8-18(14-19)24-21(10-5-11-29-24)30-26(35)31-12-13-32-23(16-31)25(34)33(27(32)36)22-15-20(22)17-6-2-1-3-7-17/h1-11,14,20,22-23H,12-13,15-16H2,(H,30,35)/t20-,22+,23?/m0/s1. The first-order chi connectivity index (χ1) is 17.5. The van der Waals surface area contributed by atoms with Crippen LogP contribution < -0.4 is 5.32 Å².